The van der Waals surface area contributed by atoms with E-state index in [0.29, 0.717) is 0 Å². The lowest BCUT2D eigenvalue weighted by atomic mass is 10.1. The van der Waals surface area contributed by atoms with Crippen molar-refractivity contribution in [3.8, 4) is 0 Å². The Bertz CT molecular complexity index is 526. The molecule has 0 aromatic heterocycles. The Morgan fingerprint density at radius 3 is 2.30 bits per heavy atom. The average molecular weight is 288 g/mol. The van der Waals surface area contributed by atoms with E-state index in [1.165, 1.54) is 26.0 Å². The number of anilines is 1. The van der Waals surface area contributed by atoms with E-state index in [-0.39, 0.29) is 11.5 Å². The van der Waals surface area contributed by atoms with Crippen LogP contribution in [-0.4, -0.2) is 17.4 Å². The summed E-state index contributed by atoms with van der Waals surface area (Å²) in [5.74, 6) is -0.309. The number of amidine groups is 1. The molecule has 0 aliphatic heterocycles. The summed E-state index contributed by atoms with van der Waals surface area (Å²) in [5, 5.41) is 11.7. The molecule has 0 saturated carbocycles. The summed E-state index contributed by atoms with van der Waals surface area (Å²) in [4.78, 5) is 11.7. The van der Waals surface area contributed by atoms with Gasteiger partial charge in [0.15, 0.2) is 0 Å². The molecule has 110 valence electrons. The maximum Gasteiger partial charge on any atom is 0.418 e. The molecule has 5 N–H and O–H groups in total. The van der Waals surface area contributed by atoms with Crippen LogP contribution in [0.3, 0.4) is 0 Å². The molecule has 20 heavy (non-hydrogen) atoms. The van der Waals surface area contributed by atoms with Crippen LogP contribution in [0.25, 0.3) is 0 Å². The van der Waals surface area contributed by atoms with Crippen molar-refractivity contribution in [1.82, 2.24) is 5.32 Å². The number of urea groups is 1. The van der Waals surface area contributed by atoms with Crippen LogP contribution in [0.15, 0.2) is 24.3 Å². The Morgan fingerprint density at radius 1 is 1.25 bits per heavy atom. The van der Waals surface area contributed by atoms with Crippen LogP contribution < -0.4 is 16.4 Å². The van der Waals surface area contributed by atoms with E-state index in [1.807, 2.05) is 0 Å². The zero-order valence-corrected chi connectivity index (χ0v) is 10.9. The number of nitrogens with two attached hydrogens (primary N) is 1. The molecule has 0 fully saturated rings. The van der Waals surface area contributed by atoms with Gasteiger partial charge in [-0.3, -0.25) is 5.41 Å². The Labute approximate surface area is 113 Å². The normalized spacial score (nSPS) is 11.8. The third-order valence-electron chi connectivity index (χ3n) is 2.58. The highest BCUT2D eigenvalue weighted by Crippen LogP contribution is 2.34. The highest BCUT2D eigenvalue weighted by Gasteiger charge is 2.34. The summed E-state index contributed by atoms with van der Waals surface area (Å²) in [5.41, 5.74) is 2.80. The summed E-state index contributed by atoms with van der Waals surface area (Å²) in [6, 6.07) is 3.74. The van der Waals surface area contributed by atoms with Gasteiger partial charge in [0.1, 0.15) is 5.84 Å². The monoisotopic (exact) mass is 288 g/mol. The van der Waals surface area contributed by atoms with Crippen molar-refractivity contribution >= 4 is 17.6 Å². The van der Waals surface area contributed by atoms with E-state index in [2.05, 4.69) is 10.6 Å². The van der Waals surface area contributed by atoms with Gasteiger partial charge in [-0.05, 0) is 26.0 Å². The molecule has 0 spiro atoms. The van der Waals surface area contributed by atoms with Gasteiger partial charge in [0, 0.05) is 0 Å². The Balaban J connectivity index is 2.90. The predicted molar refractivity (Wildman–Crippen MR) is 69.6 cm³/mol. The minimum absolute atomic E-state index is 0.309. The molecule has 0 radical (unpaired) electrons. The standard InChI is InChI=1S/C12H15F3N4O/c1-11(2,9(16)17)19-10(20)18-8-6-4-3-5-7(8)12(13,14)15/h3-6H,1-2H3,(H3,16,17)(H2,18,19,20). The van der Waals surface area contributed by atoms with Crippen LogP contribution in [-0.2, 0) is 6.18 Å². The number of benzene rings is 1. The lowest BCUT2D eigenvalue weighted by Gasteiger charge is -2.25. The van der Waals surface area contributed by atoms with Crippen molar-refractivity contribution in [2.45, 2.75) is 25.6 Å². The lowest BCUT2D eigenvalue weighted by molar-refractivity contribution is -0.136. The number of para-hydroxylation sites is 1. The lowest BCUT2D eigenvalue weighted by Crippen LogP contribution is -2.54. The first-order valence-corrected chi connectivity index (χ1v) is 5.64. The Morgan fingerprint density at radius 2 is 1.80 bits per heavy atom. The van der Waals surface area contributed by atoms with Crippen LogP contribution in [0.2, 0.25) is 0 Å². The molecule has 5 nitrogen and oxygen atoms in total. The van der Waals surface area contributed by atoms with Crippen molar-refractivity contribution in [1.29, 1.82) is 5.41 Å². The number of amides is 2. The second-order valence-electron chi connectivity index (χ2n) is 4.66. The second-order valence-corrected chi connectivity index (χ2v) is 4.66. The van der Waals surface area contributed by atoms with Crippen LogP contribution in [0.4, 0.5) is 23.7 Å². The van der Waals surface area contributed by atoms with E-state index >= 15 is 0 Å². The fourth-order valence-corrected chi connectivity index (χ4v) is 1.34. The highest BCUT2D eigenvalue weighted by molar-refractivity contribution is 5.96. The third kappa shape index (κ3) is 3.87. The van der Waals surface area contributed by atoms with E-state index in [0.717, 1.165) is 12.1 Å². The van der Waals surface area contributed by atoms with Crippen molar-refractivity contribution < 1.29 is 18.0 Å². The van der Waals surface area contributed by atoms with Gasteiger partial charge in [0.25, 0.3) is 0 Å². The van der Waals surface area contributed by atoms with Gasteiger partial charge in [-0.25, -0.2) is 4.79 Å². The van der Waals surface area contributed by atoms with E-state index < -0.39 is 23.3 Å². The molecule has 0 aliphatic rings. The van der Waals surface area contributed by atoms with Gasteiger partial charge in [0.2, 0.25) is 0 Å². The summed E-state index contributed by atoms with van der Waals surface area (Å²) >= 11 is 0. The summed E-state index contributed by atoms with van der Waals surface area (Å²) in [6.07, 6.45) is -4.57. The van der Waals surface area contributed by atoms with Gasteiger partial charge in [-0.1, -0.05) is 12.1 Å². The molecule has 2 amide bonds. The molecule has 0 saturated heterocycles. The van der Waals surface area contributed by atoms with E-state index in [4.69, 9.17) is 11.1 Å². The van der Waals surface area contributed by atoms with Gasteiger partial charge < -0.3 is 16.4 Å². The van der Waals surface area contributed by atoms with Crippen molar-refractivity contribution in [2.24, 2.45) is 5.73 Å². The van der Waals surface area contributed by atoms with Crippen LogP contribution in [0, 0.1) is 5.41 Å². The van der Waals surface area contributed by atoms with Crippen LogP contribution >= 0.6 is 0 Å². The van der Waals surface area contributed by atoms with Gasteiger partial charge in [-0.2, -0.15) is 13.2 Å². The number of carbonyl (C=O) groups is 1. The molecule has 0 atom stereocenters. The molecule has 1 aromatic rings. The quantitative estimate of drug-likeness (QED) is 0.508. The minimum atomic E-state index is -4.57. The third-order valence-corrected chi connectivity index (χ3v) is 2.58. The molecule has 0 unspecified atom stereocenters. The number of alkyl halides is 3. The summed E-state index contributed by atoms with van der Waals surface area (Å²) in [6.45, 7) is 2.93. The smallest absolute Gasteiger partial charge is 0.386 e. The van der Waals surface area contributed by atoms with Gasteiger partial charge >= 0.3 is 12.2 Å². The molecular weight excluding hydrogens is 273 g/mol. The number of hydrogen-bond donors (Lipinski definition) is 4. The van der Waals surface area contributed by atoms with Crippen molar-refractivity contribution in [3.05, 3.63) is 29.8 Å². The zero-order chi connectivity index (χ0) is 15.6. The molecule has 0 bridgehead atoms. The maximum absolute atomic E-state index is 12.7. The zero-order valence-electron chi connectivity index (χ0n) is 10.9. The number of carbonyl (C=O) groups excluding carboxylic acids is 1. The number of rotatable bonds is 3. The topological polar surface area (TPSA) is 91.0 Å². The molecule has 1 aromatic carbocycles. The number of halogens is 3. The molecule has 1 rings (SSSR count). The van der Waals surface area contributed by atoms with Gasteiger partial charge in [0.05, 0.1) is 16.8 Å². The average Bonchev–Trinajstić information content (AvgIpc) is 2.26. The summed E-state index contributed by atoms with van der Waals surface area (Å²) < 4.78 is 38.2. The van der Waals surface area contributed by atoms with Crippen LogP contribution in [0.5, 0.6) is 0 Å². The SMILES string of the molecule is CC(C)(NC(=O)Nc1ccccc1C(F)(F)F)C(=N)N. The molecule has 0 aliphatic carbocycles. The predicted octanol–water partition coefficient (Wildman–Crippen LogP) is 2.54. The minimum Gasteiger partial charge on any atom is -0.386 e. The first-order chi connectivity index (χ1) is 9.04. The largest absolute Gasteiger partial charge is 0.418 e. The highest BCUT2D eigenvalue weighted by atomic mass is 19.4. The maximum atomic E-state index is 12.7. The van der Waals surface area contributed by atoms with Gasteiger partial charge in [-0.15, -0.1) is 0 Å². The van der Waals surface area contributed by atoms with E-state index in [9.17, 15) is 18.0 Å². The first kappa shape index (κ1) is 15.8. The van der Waals surface area contributed by atoms with Crippen molar-refractivity contribution in [2.75, 3.05) is 5.32 Å². The first-order valence-electron chi connectivity index (χ1n) is 5.64. The number of nitrogens with one attached hydrogen (secondary N) is 3. The fraction of sp³-hybridized carbons (Fsp3) is 0.333. The fourth-order valence-electron chi connectivity index (χ4n) is 1.34. The summed E-state index contributed by atoms with van der Waals surface area (Å²) in [7, 11) is 0. The van der Waals surface area contributed by atoms with Crippen molar-refractivity contribution in [3.63, 3.8) is 0 Å². The molecular formula is C12H15F3N4O. The Kier molecular flexibility index (Phi) is 4.26. The second kappa shape index (κ2) is 5.40. The van der Waals surface area contributed by atoms with E-state index in [1.54, 1.807) is 0 Å². The molecule has 0 heterocycles. The van der Waals surface area contributed by atoms with Crippen LogP contribution in [0.1, 0.15) is 19.4 Å². The molecule has 8 heteroatoms. The Hall–Kier alpha value is -2.25. The number of hydrogen-bond acceptors (Lipinski definition) is 2.